The number of hydrogen-bond donors (Lipinski definition) is 0. The van der Waals surface area contributed by atoms with Gasteiger partial charge in [-0.2, -0.15) is 5.26 Å². The van der Waals surface area contributed by atoms with Crippen molar-refractivity contribution in [3.05, 3.63) is 23.9 Å². The Kier molecular flexibility index (Phi) is 3.47. The standard InChI is InChI=1S/C11H15N3/c1-9(7-8-12)10-5-4-6-11(13-10)14(2)3/h4-6,9H,7H2,1-3H3/t9-/m1/s1. The lowest BCUT2D eigenvalue weighted by molar-refractivity contribution is 0.755. The van der Waals surface area contributed by atoms with Gasteiger partial charge in [0.2, 0.25) is 0 Å². The van der Waals surface area contributed by atoms with Gasteiger partial charge < -0.3 is 4.90 Å². The molecule has 0 bridgehead atoms. The Hall–Kier alpha value is -1.56. The molecule has 1 aromatic heterocycles. The Morgan fingerprint density at radius 3 is 2.79 bits per heavy atom. The van der Waals surface area contributed by atoms with Gasteiger partial charge in [-0.15, -0.1) is 0 Å². The highest BCUT2D eigenvalue weighted by atomic mass is 15.1. The molecule has 0 N–H and O–H groups in total. The van der Waals surface area contributed by atoms with Gasteiger partial charge in [-0.3, -0.25) is 0 Å². The number of nitriles is 1. The van der Waals surface area contributed by atoms with Gasteiger partial charge in [0.15, 0.2) is 0 Å². The molecule has 14 heavy (non-hydrogen) atoms. The zero-order valence-corrected chi connectivity index (χ0v) is 8.86. The summed E-state index contributed by atoms with van der Waals surface area (Å²) in [6.45, 7) is 2.02. The molecule has 0 aliphatic rings. The van der Waals surface area contributed by atoms with Crippen molar-refractivity contribution < 1.29 is 0 Å². The summed E-state index contributed by atoms with van der Waals surface area (Å²) in [6.07, 6.45) is 0.518. The van der Waals surface area contributed by atoms with E-state index < -0.39 is 0 Å². The van der Waals surface area contributed by atoms with Crippen LogP contribution in [0.4, 0.5) is 5.82 Å². The molecule has 0 amide bonds. The van der Waals surface area contributed by atoms with Gasteiger partial charge in [0.1, 0.15) is 5.82 Å². The molecule has 1 aromatic rings. The van der Waals surface area contributed by atoms with E-state index in [1.165, 1.54) is 0 Å². The molecule has 1 atom stereocenters. The van der Waals surface area contributed by atoms with Gasteiger partial charge in [0.25, 0.3) is 0 Å². The van der Waals surface area contributed by atoms with E-state index in [2.05, 4.69) is 11.1 Å². The summed E-state index contributed by atoms with van der Waals surface area (Å²) < 4.78 is 0. The number of pyridine rings is 1. The van der Waals surface area contributed by atoms with Crippen molar-refractivity contribution >= 4 is 5.82 Å². The second-order valence-corrected chi connectivity index (χ2v) is 3.58. The highest BCUT2D eigenvalue weighted by molar-refractivity contribution is 5.37. The number of rotatable bonds is 3. The van der Waals surface area contributed by atoms with E-state index in [1.54, 1.807) is 0 Å². The smallest absolute Gasteiger partial charge is 0.128 e. The molecule has 3 heteroatoms. The second kappa shape index (κ2) is 4.61. The molecular formula is C11H15N3. The minimum atomic E-state index is 0.208. The molecule has 74 valence electrons. The van der Waals surface area contributed by atoms with Gasteiger partial charge in [0.05, 0.1) is 6.07 Å². The van der Waals surface area contributed by atoms with E-state index in [0.29, 0.717) is 6.42 Å². The van der Waals surface area contributed by atoms with Crippen LogP contribution >= 0.6 is 0 Å². The topological polar surface area (TPSA) is 39.9 Å². The van der Waals surface area contributed by atoms with E-state index in [9.17, 15) is 0 Å². The maximum absolute atomic E-state index is 8.59. The fraction of sp³-hybridized carbons (Fsp3) is 0.455. The Morgan fingerprint density at radius 1 is 1.50 bits per heavy atom. The molecule has 0 aliphatic heterocycles. The van der Waals surface area contributed by atoms with Crippen molar-refractivity contribution in [1.82, 2.24) is 4.98 Å². The average Bonchev–Trinajstić information content (AvgIpc) is 2.18. The van der Waals surface area contributed by atoms with Crippen LogP contribution in [0.5, 0.6) is 0 Å². The minimum absolute atomic E-state index is 0.208. The van der Waals surface area contributed by atoms with E-state index in [4.69, 9.17) is 5.26 Å². The zero-order valence-electron chi connectivity index (χ0n) is 8.86. The minimum Gasteiger partial charge on any atom is -0.363 e. The number of nitrogens with zero attached hydrogens (tertiary/aromatic N) is 3. The molecule has 0 radical (unpaired) electrons. The quantitative estimate of drug-likeness (QED) is 0.731. The van der Waals surface area contributed by atoms with Crippen LogP contribution in [0.2, 0.25) is 0 Å². The van der Waals surface area contributed by atoms with Crippen LogP contribution in [0.15, 0.2) is 18.2 Å². The molecule has 0 aromatic carbocycles. The van der Waals surface area contributed by atoms with Crippen LogP contribution < -0.4 is 4.90 Å². The highest BCUT2D eigenvalue weighted by Gasteiger charge is 2.07. The molecule has 0 unspecified atom stereocenters. The molecule has 0 aliphatic carbocycles. The van der Waals surface area contributed by atoms with E-state index in [0.717, 1.165) is 11.5 Å². The average molecular weight is 189 g/mol. The van der Waals surface area contributed by atoms with Gasteiger partial charge >= 0.3 is 0 Å². The van der Waals surface area contributed by atoms with Crippen molar-refractivity contribution in [2.24, 2.45) is 0 Å². The molecule has 0 saturated heterocycles. The molecule has 0 spiro atoms. The lowest BCUT2D eigenvalue weighted by Crippen LogP contribution is -2.11. The molecule has 3 nitrogen and oxygen atoms in total. The Labute approximate surface area is 85.0 Å². The number of aromatic nitrogens is 1. The lowest BCUT2D eigenvalue weighted by Gasteiger charge is -2.14. The van der Waals surface area contributed by atoms with Crippen LogP contribution in [-0.4, -0.2) is 19.1 Å². The predicted molar refractivity (Wildman–Crippen MR) is 57.2 cm³/mol. The maximum Gasteiger partial charge on any atom is 0.128 e. The Morgan fingerprint density at radius 2 is 2.21 bits per heavy atom. The normalized spacial score (nSPS) is 11.9. The molecule has 0 fully saturated rings. The first-order valence-corrected chi connectivity index (χ1v) is 4.66. The fourth-order valence-electron chi connectivity index (χ4n) is 1.20. The summed E-state index contributed by atoms with van der Waals surface area (Å²) in [4.78, 5) is 6.43. The zero-order chi connectivity index (χ0) is 10.6. The summed E-state index contributed by atoms with van der Waals surface area (Å²) in [6, 6.07) is 8.07. The van der Waals surface area contributed by atoms with Crippen LogP contribution in [0.3, 0.4) is 0 Å². The Bertz CT molecular complexity index is 339. The van der Waals surface area contributed by atoms with E-state index in [1.807, 2.05) is 44.1 Å². The van der Waals surface area contributed by atoms with Gasteiger partial charge in [-0.1, -0.05) is 13.0 Å². The summed E-state index contributed by atoms with van der Waals surface area (Å²) in [5.74, 6) is 1.15. The SMILES string of the molecule is C[C@H](CC#N)c1cccc(N(C)C)n1. The van der Waals surface area contributed by atoms with E-state index >= 15 is 0 Å². The number of hydrogen-bond acceptors (Lipinski definition) is 3. The summed E-state index contributed by atoms with van der Waals surface area (Å²) in [7, 11) is 3.92. The summed E-state index contributed by atoms with van der Waals surface area (Å²) in [5.41, 5.74) is 0.984. The largest absolute Gasteiger partial charge is 0.363 e. The monoisotopic (exact) mass is 189 g/mol. The van der Waals surface area contributed by atoms with Crippen LogP contribution in [0.1, 0.15) is 25.0 Å². The van der Waals surface area contributed by atoms with E-state index in [-0.39, 0.29) is 5.92 Å². The lowest BCUT2D eigenvalue weighted by atomic mass is 10.0. The van der Waals surface area contributed by atoms with Crippen molar-refractivity contribution in [3.8, 4) is 6.07 Å². The van der Waals surface area contributed by atoms with Gasteiger partial charge in [0, 0.05) is 32.1 Å². The third-order valence-corrected chi connectivity index (χ3v) is 2.12. The highest BCUT2D eigenvalue weighted by Crippen LogP contribution is 2.18. The molecule has 0 saturated carbocycles. The molecular weight excluding hydrogens is 174 g/mol. The summed E-state index contributed by atoms with van der Waals surface area (Å²) in [5, 5.41) is 8.59. The molecule has 1 rings (SSSR count). The van der Waals surface area contributed by atoms with Crippen LogP contribution in [-0.2, 0) is 0 Å². The Balaban J connectivity index is 2.89. The fourth-order valence-corrected chi connectivity index (χ4v) is 1.20. The van der Waals surface area contributed by atoms with Gasteiger partial charge in [-0.05, 0) is 12.1 Å². The first-order valence-electron chi connectivity index (χ1n) is 4.66. The second-order valence-electron chi connectivity index (χ2n) is 3.58. The van der Waals surface area contributed by atoms with Crippen molar-refractivity contribution in [3.63, 3.8) is 0 Å². The number of anilines is 1. The van der Waals surface area contributed by atoms with Crippen LogP contribution in [0.25, 0.3) is 0 Å². The third kappa shape index (κ3) is 2.46. The third-order valence-electron chi connectivity index (χ3n) is 2.12. The molecule has 1 heterocycles. The van der Waals surface area contributed by atoms with Crippen molar-refractivity contribution in [2.75, 3.05) is 19.0 Å². The van der Waals surface area contributed by atoms with Crippen molar-refractivity contribution in [2.45, 2.75) is 19.3 Å². The first kappa shape index (κ1) is 10.5. The van der Waals surface area contributed by atoms with Crippen LogP contribution in [0, 0.1) is 11.3 Å². The van der Waals surface area contributed by atoms with Gasteiger partial charge in [-0.25, -0.2) is 4.98 Å². The predicted octanol–water partition coefficient (Wildman–Crippen LogP) is 2.16. The summed E-state index contributed by atoms with van der Waals surface area (Å²) >= 11 is 0. The van der Waals surface area contributed by atoms with Crippen molar-refractivity contribution in [1.29, 1.82) is 5.26 Å². The first-order chi connectivity index (χ1) is 6.65. The maximum atomic E-state index is 8.59.